The molecule has 0 aliphatic rings. The highest BCUT2D eigenvalue weighted by Gasteiger charge is 2.23. The molecule has 0 saturated carbocycles. The fourth-order valence-corrected chi connectivity index (χ4v) is 3.18. The number of rotatable bonds is 10. The number of benzene rings is 1. The van der Waals surface area contributed by atoms with Gasteiger partial charge in [0, 0.05) is 37.6 Å². The highest BCUT2D eigenvalue weighted by atomic mass is 16.2. The predicted octanol–water partition coefficient (Wildman–Crippen LogP) is 3.95. The molecule has 0 bridgehead atoms. The topological polar surface area (TPSA) is 45.6 Å². The number of carbonyl (C=O) groups excluding carboxylic acids is 2. The average molecular weight is 384 g/mol. The van der Waals surface area contributed by atoms with Crippen molar-refractivity contribution in [2.75, 3.05) is 19.6 Å². The van der Waals surface area contributed by atoms with Crippen molar-refractivity contribution >= 4 is 11.8 Å². The van der Waals surface area contributed by atoms with Crippen molar-refractivity contribution in [3.05, 3.63) is 59.9 Å². The molecule has 2 rings (SSSR count). The molecular weight excluding hydrogens is 350 g/mol. The van der Waals surface area contributed by atoms with E-state index in [1.807, 2.05) is 53.0 Å². The van der Waals surface area contributed by atoms with Gasteiger partial charge in [-0.05, 0) is 36.6 Å². The van der Waals surface area contributed by atoms with Gasteiger partial charge in [-0.2, -0.15) is 0 Å². The van der Waals surface area contributed by atoms with Crippen LogP contribution < -0.4 is 0 Å². The number of nitrogens with zero attached hydrogens (tertiary/aromatic N) is 3. The van der Waals surface area contributed by atoms with Gasteiger partial charge >= 0.3 is 0 Å². The number of carbonyl (C=O) groups is 2. The molecule has 1 heterocycles. The van der Waals surface area contributed by atoms with Gasteiger partial charge in [-0.3, -0.25) is 9.59 Å². The van der Waals surface area contributed by atoms with E-state index in [-0.39, 0.29) is 24.3 Å². The monoisotopic (exact) mass is 383 g/mol. The summed E-state index contributed by atoms with van der Waals surface area (Å²) in [5.74, 6) is 0.203. The zero-order valence-corrected chi connectivity index (χ0v) is 17.6. The predicted molar refractivity (Wildman–Crippen MR) is 113 cm³/mol. The summed E-state index contributed by atoms with van der Waals surface area (Å²) in [5.41, 5.74) is 1.72. The minimum absolute atomic E-state index is 0.000388. The summed E-state index contributed by atoms with van der Waals surface area (Å²) in [6.07, 6.45) is 3.96. The minimum atomic E-state index is -0.0861. The van der Waals surface area contributed by atoms with Crippen molar-refractivity contribution in [1.82, 2.24) is 14.4 Å². The number of amides is 2. The maximum Gasteiger partial charge on any atom is 0.254 e. The SMILES string of the molecule is CCCCN(Cc1cccn1C)C(=O)CN(CC(C)C)C(=O)c1ccccc1. The molecular formula is C23H33N3O2. The van der Waals surface area contributed by atoms with E-state index in [1.165, 1.54) is 0 Å². The molecule has 5 nitrogen and oxygen atoms in total. The van der Waals surface area contributed by atoms with Gasteiger partial charge in [-0.25, -0.2) is 0 Å². The highest BCUT2D eigenvalue weighted by molar-refractivity contribution is 5.96. The zero-order chi connectivity index (χ0) is 20.5. The third kappa shape index (κ3) is 6.25. The van der Waals surface area contributed by atoms with Crippen molar-refractivity contribution in [1.29, 1.82) is 0 Å². The second kappa shape index (κ2) is 10.7. The van der Waals surface area contributed by atoms with E-state index in [2.05, 4.69) is 20.8 Å². The number of aromatic nitrogens is 1. The normalized spacial score (nSPS) is 10.9. The molecule has 1 aromatic heterocycles. The molecule has 0 aliphatic heterocycles. The Hall–Kier alpha value is -2.56. The standard InChI is InChI=1S/C23H33N3O2/c1-5-6-15-25(17-21-13-10-14-24(21)4)22(27)18-26(16-19(2)3)23(28)20-11-8-7-9-12-20/h7-14,19H,5-6,15-18H2,1-4H3. The summed E-state index contributed by atoms with van der Waals surface area (Å²) in [4.78, 5) is 29.7. The van der Waals surface area contributed by atoms with Crippen LogP contribution in [0.3, 0.4) is 0 Å². The van der Waals surface area contributed by atoms with Gasteiger partial charge < -0.3 is 14.4 Å². The Morgan fingerprint density at radius 1 is 1.04 bits per heavy atom. The van der Waals surface area contributed by atoms with Crippen LogP contribution in [-0.4, -0.2) is 45.8 Å². The minimum Gasteiger partial charge on any atom is -0.353 e. The lowest BCUT2D eigenvalue weighted by Gasteiger charge is -2.29. The number of unbranched alkanes of at least 4 members (excludes halogenated alkanes) is 1. The van der Waals surface area contributed by atoms with Gasteiger partial charge in [-0.15, -0.1) is 0 Å². The first-order chi connectivity index (χ1) is 13.4. The van der Waals surface area contributed by atoms with Crippen molar-refractivity contribution in [2.24, 2.45) is 13.0 Å². The van der Waals surface area contributed by atoms with Gasteiger partial charge in [0.05, 0.1) is 6.54 Å². The molecule has 152 valence electrons. The van der Waals surface area contributed by atoms with Crippen molar-refractivity contribution in [3.63, 3.8) is 0 Å². The Labute approximate surface area is 168 Å². The first-order valence-corrected chi connectivity index (χ1v) is 10.1. The smallest absolute Gasteiger partial charge is 0.254 e. The summed E-state index contributed by atoms with van der Waals surface area (Å²) in [5, 5.41) is 0. The Morgan fingerprint density at radius 2 is 1.75 bits per heavy atom. The summed E-state index contributed by atoms with van der Waals surface area (Å²) < 4.78 is 2.03. The second-order valence-electron chi connectivity index (χ2n) is 7.72. The van der Waals surface area contributed by atoms with Gasteiger partial charge in [-0.1, -0.05) is 45.4 Å². The van der Waals surface area contributed by atoms with Crippen LogP contribution in [0.2, 0.25) is 0 Å². The number of hydrogen-bond acceptors (Lipinski definition) is 2. The molecule has 0 aliphatic carbocycles. The van der Waals surface area contributed by atoms with Crippen LogP contribution in [0.5, 0.6) is 0 Å². The summed E-state index contributed by atoms with van der Waals surface area (Å²) >= 11 is 0. The van der Waals surface area contributed by atoms with E-state index >= 15 is 0 Å². The Morgan fingerprint density at radius 3 is 2.32 bits per heavy atom. The summed E-state index contributed by atoms with van der Waals surface area (Å²) in [6, 6.07) is 13.2. The molecule has 0 saturated heterocycles. The van der Waals surface area contributed by atoms with Gasteiger partial charge in [0.1, 0.15) is 6.54 Å². The lowest BCUT2D eigenvalue weighted by atomic mass is 10.1. The van der Waals surface area contributed by atoms with Crippen LogP contribution in [0.1, 0.15) is 49.7 Å². The first kappa shape index (κ1) is 21.7. The molecule has 28 heavy (non-hydrogen) atoms. The van der Waals surface area contributed by atoms with Crippen molar-refractivity contribution in [3.8, 4) is 0 Å². The quantitative estimate of drug-likeness (QED) is 0.624. The molecule has 0 spiro atoms. The third-order valence-corrected chi connectivity index (χ3v) is 4.76. The average Bonchev–Trinajstić information content (AvgIpc) is 3.08. The molecule has 0 radical (unpaired) electrons. The van der Waals surface area contributed by atoms with E-state index in [9.17, 15) is 9.59 Å². The Bertz CT molecular complexity index is 752. The fraction of sp³-hybridized carbons (Fsp3) is 0.478. The van der Waals surface area contributed by atoms with Crippen LogP contribution in [-0.2, 0) is 18.4 Å². The molecule has 0 fully saturated rings. The Kier molecular flexibility index (Phi) is 8.30. The molecule has 5 heteroatoms. The molecule has 2 amide bonds. The zero-order valence-electron chi connectivity index (χ0n) is 17.6. The number of hydrogen-bond donors (Lipinski definition) is 0. The molecule has 0 unspecified atom stereocenters. The lowest BCUT2D eigenvalue weighted by molar-refractivity contribution is -0.132. The maximum absolute atomic E-state index is 13.1. The van der Waals surface area contributed by atoms with Crippen LogP contribution in [0, 0.1) is 5.92 Å². The van der Waals surface area contributed by atoms with E-state index < -0.39 is 0 Å². The van der Waals surface area contributed by atoms with Gasteiger partial charge in [0.2, 0.25) is 5.91 Å². The Balaban J connectivity index is 2.15. The fourth-order valence-electron chi connectivity index (χ4n) is 3.18. The van der Waals surface area contributed by atoms with E-state index in [0.717, 1.165) is 18.5 Å². The van der Waals surface area contributed by atoms with E-state index in [0.29, 0.717) is 25.2 Å². The van der Waals surface area contributed by atoms with Crippen LogP contribution in [0.15, 0.2) is 48.7 Å². The van der Waals surface area contributed by atoms with Crippen LogP contribution >= 0.6 is 0 Å². The van der Waals surface area contributed by atoms with Gasteiger partial charge in [0.25, 0.3) is 5.91 Å². The highest BCUT2D eigenvalue weighted by Crippen LogP contribution is 2.11. The molecule has 2 aromatic rings. The number of aryl methyl sites for hydroxylation is 1. The maximum atomic E-state index is 13.1. The molecule has 0 atom stereocenters. The van der Waals surface area contributed by atoms with Crippen molar-refractivity contribution < 1.29 is 9.59 Å². The lowest BCUT2D eigenvalue weighted by Crippen LogP contribution is -2.44. The molecule has 0 N–H and O–H groups in total. The van der Waals surface area contributed by atoms with Gasteiger partial charge in [0.15, 0.2) is 0 Å². The van der Waals surface area contributed by atoms with Crippen LogP contribution in [0.25, 0.3) is 0 Å². The van der Waals surface area contributed by atoms with Crippen molar-refractivity contribution in [2.45, 2.75) is 40.2 Å². The molecule has 1 aromatic carbocycles. The summed E-state index contributed by atoms with van der Waals surface area (Å²) in [7, 11) is 1.99. The third-order valence-electron chi connectivity index (χ3n) is 4.76. The van der Waals surface area contributed by atoms with E-state index in [1.54, 1.807) is 17.0 Å². The van der Waals surface area contributed by atoms with Crippen LogP contribution in [0.4, 0.5) is 0 Å². The second-order valence-corrected chi connectivity index (χ2v) is 7.72. The first-order valence-electron chi connectivity index (χ1n) is 10.1. The summed E-state index contributed by atoms with van der Waals surface area (Å²) in [6.45, 7) is 8.19. The van der Waals surface area contributed by atoms with E-state index in [4.69, 9.17) is 0 Å². The largest absolute Gasteiger partial charge is 0.353 e.